The number of allylic oxidation sites excluding steroid dienone is 5. The number of likely N-dealkylation sites (tertiary alicyclic amines) is 2. The minimum absolute atomic E-state index is 0. The maximum Gasteiger partial charge on any atom is 0.227 e. The molecule has 5 aliphatic carbocycles. The molecule has 0 aromatic heterocycles. The third kappa shape index (κ3) is 14.1. The topological polar surface area (TPSA) is 43.9 Å². The van der Waals surface area contributed by atoms with E-state index in [0.717, 1.165) is 76.0 Å². The molecule has 61 heavy (non-hydrogen) atoms. The first-order chi connectivity index (χ1) is 29.3. The largest absolute Gasteiger partial charge is 0.339 e. The van der Waals surface area contributed by atoms with Gasteiger partial charge in [0, 0.05) is 43.6 Å². The number of carbonyl (C=O) groups excluding carboxylic acids is 2. The predicted octanol–water partition coefficient (Wildman–Crippen LogP) is 12.9. The Balaban J connectivity index is 0.000000170. The number of rotatable bonds is 8. The quantitative estimate of drug-likeness (QED) is 0.245. The minimum Gasteiger partial charge on any atom is -0.339 e. The number of hydrogen-bond acceptors (Lipinski definition) is 4. The molecule has 0 radical (unpaired) electrons. The highest BCUT2D eigenvalue weighted by Crippen LogP contribution is 2.56. The summed E-state index contributed by atoms with van der Waals surface area (Å²) >= 11 is 0. The van der Waals surface area contributed by atoms with Crippen LogP contribution in [0.3, 0.4) is 0 Å². The number of ketones is 1. The molecule has 5 heteroatoms. The van der Waals surface area contributed by atoms with Crippen LogP contribution in [0.4, 0.5) is 0 Å². The second-order valence-electron chi connectivity index (χ2n) is 19.8. The molecule has 8 aliphatic rings. The number of hydrogen-bond donors (Lipinski definition) is 0. The van der Waals surface area contributed by atoms with Crippen LogP contribution in [-0.2, 0) is 28.9 Å². The Hall–Kier alpha value is -2.76. The van der Waals surface area contributed by atoms with Crippen molar-refractivity contribution in [1.29, 1.82) is 0 Å². The molecule has 1 amide bonds. The third-order valence-electron chi connectivity index (χ3n) is 15.8. The molecule has 0 spiro atoms. The fourth-order valence-electron chi connectivity index (χ4n) is 11.7. The number of carbonyl (C=O) groups is 2. The molecule has 1 aromatic rings. The molecule has 1 aromatic carbocycles. The Morgan fingerprint density at radius 1 is 0.787 bits per heavy atom. The molecule has 5 nitrogen and oxygen atoms in total. The summed E-state index contributed by atoms with van der Waals surface area (Å²) in [7, 11) is 0. The van der Waals surface area contributed by atoms with Crippen molar-refractivity contribution in [3.63, 3.8) is 0 Å². The molecule has 3 heterocycles. The molecule has 9 rings (SSSR count). The Labute approximate surface area is 374 Å². The maximum atomic E-state index is 12.6. The molecule has 0 bridgehead atoms. The van der Waals surface area contributed by atoms with E-state index in [4.69, 9.17) is 0 Å². The van der Waals surface area contributed by atoms with Gasteiger partial charge >= 0.3 is 0 Å². The van der Waals surface area contributed by atoms with Crippen LogP contribution in [0.5, 0.6) is 0 Å². The zero-order valence-electron chi connectivity index (χ0n) is 39.0. The molecule has 3 aliphatic heterocycles. The van der Waals surface area contributed by atoms with Crippen molar-refractivity contribution in [3.05, 3.63) is 82.5 Å². The average Bonchev–Trinajstić information content (AvgIpc) is 4.11. The number of Topliss-reactive ketones (excluding diaryl/α,β-unsaturated/α-hetero) is 1. The first-order valence-corrected chi connectivity index (χ1v) is 25.4. The monoisotopic (exact) mass is 836 g/mol. The second-order valence-corrected chi connectivity index (χ2v) is 19.8. The van der Waals surface area contributed by atoms with Gasteiger partial charge in [0.2, 0.25) is 5.91 Å². The zero-order chi connectivity index (χ0) is 42.3. The van der Waals surface area contributed by atoms with Gasteiger partial charge in [0.15, 0.2) is 0 Å². The van der Waals surface area contributed by atoms with Crippen LogP contribution in [0.1, 0.15) is 174 Å². The van der Waals surface area contributed by atoms with E-state index < -0.39 is 0 Å². The number of aryl methyl sites for hydroxylation is 2. The Morgan fingerprint density at radius 3 is 2.21 bits per heavy atom. The van der Waals surface area contributed by atoms with Crippen LogP contribution in [-0.4, -0.2) is 78.2 Å². The van der Waals surface area contributed by atoms with Crippen LogP contribution in [0.2, 0.25) is 0 Å². The van der Waals surface area contributed by atoms with Crippen molar-refractivity contribution in [2.24, 2.45) is 29.1 Å². The van der Waals surface area contributed by atoms with Gasteiger partial charge < -0.3 is 14.7 Å². The smallest absolute Gasteiger partial charge is 0.227 e. The van der Waals surface area contributed by atoms with Crippen LogP contribution in [0.15, 0.2) is 65.8 Å². The molecule has 2 saturated carbocycles. The van der Waals surface area contributed by atoms with Crippen molar-refractivity contribution in [2.45, 2.75) is 183 Å². The van der Waals surface area contributed by atoms with Gasteiger partial charge in [-0.3, -0.25) is 9.59 Å². The van der Waals surface area contributed by atoms with Crippen molar-refractivity contribution < 1.29 is 9.59 Å². The zero-order valence-corrected chi connectivity index (χ0v) is 39.0. The van der Waals surface area contributed by atoms with Crippen LogP contribution >= 0.6 is 0 Å². The second kappa shape index (κ2) is 24.9. The third-order valence-corrected chi connectivity index (χ3v) is 15.8. The number of piperidine rings is 1. The van der Waals surface area contributed by atoms with Gasteiger partial charge in [-0.25, -0.2) is 0 Å². The number of nitrogens with zero attached hydrogens (tertiary/aromatic N) is 3. The van der Waals surface area contributed by atoms with E-state index in [1.54, 1.807) is 6.92 Å². The normalized spacial score (nSPS) is 27.4. The standard InChI is InChI=1S/C21H33N.C17H26N2O.C15H20O.C2H6.CH4/c1-2-4-9-18(8-3-1)19-10-7-14-22(15-12-19)17-21-13-6-5-11-20(21)16-21;1-2-18-10-8-16(9-11-18)19-12-7-14-5-3-4-6-15(14)13-17(19)20;1-11(12(2)16)9-13-7-8-14-5-3-4-6-15(14)10-13;1-2;/h5-6,11,13,18-20H,1-4,7-10,12,14-17H2;4,6,16H,2-3,5,7-13H2,1H3;7-8,10-11H,3-6,9H2,1-2H3;1-2H3;1H4/t;;11-;;/m..1../s1. The van der Waals surface area contributed by atoms with E-state index >= 15 is 0 Å². The average molecular weight is 836 g/mol. The fraction of sp³-hybridized carbons (Fsp3) is 0.714. The van der Waals surface area contributed by atoms with Crippen molar-refractivity contribution in [2.75, 3.05) is 45.8 Å². The number of amides is 1. The van der Waals surface area contributed by atoms with Gasteiger partial charge in [0.25, 0.3) is 0 Å². The highest BCUT2D eigenvalue weighted by Gasteiger charge is 2.52. The summed E-state index contributed by atoms with van der Waals surface area (Å²) in [5, 5.41) is 0. The lowest BCUT2D eigenvalue weighted by atomic mass is 9.81. The molecular weight excluding hydrogens is 747 g/mol. The summed E-state index contributed by atoms with van der Waals surface area (Å²) in [6, 6.07) is 7.25. The Bertz CT molecular complexity index is 1640. The summed E-state index contributed by atoms with van der Waals surface area (Å²) < 4.78 is 0. The first kappa shape index (κ1) is 49.3. The number of benzene rings is 1. The van der Waals surface area contributed by atoms with Crippen molar-refractivity contribution in [1.82, 2.24) is 14.7 Å². The Kier molecular flexibility index (Phi) is 20.1. The lowest BCUT2D eigenvalue weighted by Crippen LogP contribution is -2.47. The molecule has 3 unspecified atom stereocenters. The minimum atomic E-state index is 0. The molecular formula is C56H89N3O2. The Morgan fingerprint density at radius 2 is 1.49 bits per heavy atom. The van der Waals surface area contributed by atoms with E-state index in [0.29, 0.717) is 23.8 Å². The lowest BCUT2D eigenvalue weighted by molar-refractivity contribution is -0.133. The predicted molar refractivity (Wildman–Crippen MR) is 260 cm³/mol. The van der Waals surface area contributed by atoms with Gasteiger partial charge in [-0.1, -0.05) is 134 Å². The van der Waals surface area contributed by atoms with Gasteiger partial charge in [-0.15, -0.1) is 0 Å². The summed E-state index contributed by atoms with van der Waals surface area (Å²) in [6.45, 7) is 18.4. The van der Waals surface area contributed by atoms with E-state index in [9.17, 15) is 9.59 Å². The molecule has 340 valence electrons. The van der Waals surface area contributed by atoms with Gasteiger partial charge in [0.05, 0.1) is 6.42 Å². The molecule has 4 fully saturated rings. The van der Waals surface area contributed by atoms with E-state index in [2.05, 4.69) is 76.3 Å². The summed E-state index contributed by atoms with van der Waals surface area (Å²) in [5.41, 5.74) is 7.74. The van der Waals surface area contributed by atoms with Gasteiger partial charge in [-0.05, 0) is 156 Å². The summed E-state index contributed by atoms with van der Waals surface area (Å²) in [5.74, 6) is 3.76. The van der Waals surface area contributed by atoms with E-state index in [1.165, 1.54) is 144 Å². The first-order valence-electron chi connectivity index (χ1n) is 25.4. The molecule has 2 saturated heterocycles. The highest BCUT2D eigenvalue weighted by molar-refractivity contribution is 5.80. The highest BCUT2D eigenvalue weighted by atomic mass is 16.2. The summed E-state index contributed by atoms with van der Waals surface area (Å²) in [4.78, 5) is 31.3. The maximum absolute atomic E-state index is 12.6. The van der Waals surface area contributed by atoms with Crippen LogP contribution in [0, 0.1) is 29.1 Å². The molecule has 0 N–H and O–H groups in total. The summed E-state index contributed by atoms with van der Waals surface area (Å²) in [6.07, 6.45) is 41.2. The lowest BCUT2D eigenvalue weighted by Gasteiger charge is -2.38. The van der Waals surface area contributed by atoms with Gasteiger partial charge in [0.1, 0.15) is 5.78 Å². The van der Waals surface area contributed by atoms with Crippen LogP contribution < -0.4 is 0 Å². The fourth-order valence-corrected chi connectivity index (χ4v) is 11.7. The van der Waals surface area contributed by atoms with Gasteiger partial charge in [-0.2, -0.15) is 0 Å². The van der Waals surface area contributed by atoms with E-state index in [1.807, 2.05) is 20.8 Å². The van der Waals surface area contributed by atoms with Crippen LogP contribution in [0.25, 0.3) is 0 Å². The number of fused-ring (bicyclic) bond motifs is 2. The van der Waals surface area contributed by atoms with Crippen molar-refractivity contribution >= 4 is 11.7 Å². The van der Waals surface area contributed by atoms with E-state index in [-0.39, 0.29) is 19.1 Å². The molecule has 4 atom stereocenters. The SMILES string of the molecule is C.C1=CC2CC2(CN2CCCC(C3CCCCCC3)CC2)C=C1.CC.CC(=O)[C@H](C)Cc1ccc2c(c1)CCCC2.CCN1CCC(N2CCC3=C(C=CCC3)CC2=O)CC1. The van der Waals surface area contributed by atoms with Crippen molar-refractivity contribution in [3.8, 4) is 0 Å².